The van der Waals surface area contributed by atoms with Gasteiger partial charge >= 0.3 is 11.9 Å². The first kappa shape index (κ1) is 30.1. The predicted molar refractivity (Wildman–Crippen MR) is 171 cm³/mol. The number of phenolic OH excluding ortho intramolecular Hbond substituents is 1. The number of carbonyl (C=O) groups is 2. The van der Waals surface area contributed by atoms with Crippen molar-refractivity contribution in [3.63, 3.8) is 0 Å². The van der Waals surface area contributed by atoms with Crippen molar-refractivity contribution in [1.82, 2.24) is 0 Å². The van der Waals surface area contributed by atoms with Crippen molar-refractivity contribution in [2.24, 2.45) is 56.7 Å². The molecule has 5 heteroatoms. The molecule has 6 aliphatic rings. The summed E-state index contributed by atoms with van der Waals surface area (Å²) in [6.07, 6.45) is 16.2. The Hall–Kier alpha value is -2.56. The molecule has 1 saturated heterocycles. The molecule has 0 amide bonds. The maximum Gasteiger partial charge on any atom is 0.331 e. The average molecular weight is 601 g/mol. The van der Waals surface area contributed by atoms with Gasteiger partial charge in [-0.15, -0.1) is 0 Å². The van der Waals surface area contributed by atoms with Crippen molar-refractivity contribution in [2.75, 3.05) is 0 Å². The number of hydrogen-bond acceptors (Lipinski definition) is 5. The molecule has 238 valence electrons. The fourth-order valence-electron chi connectivity index (χ4n) is 12.5. The zero-order chi connectivity index (χ0) is 31.5. The molecule has 1 heterocycles. The van der Waals surface area contributed by atoms with Crippen molar-refractivity contribution in [1.29, 1.82) is 0 Å². The predicted octanol–water partition coefficient (Wildman–Crippen LogP) is 8.51. The lowest BCUT2D eigenvalue weighted by Gasteiger charge is -2.72. The number of esters is 2. The van der Waals surface area contributed by atoms with Crippen LogP contribution in [-0.2, 0) is 19.1 Å². The third-order valence-corrected chi connectivity index (χ3v) is 15.3. The van der Waals surface area contributed by atoms with Gasteiger partial charge in [-0.25, -0.2) is 4.79 Å². The fraction of sp³-hybridized carbons (Fsp3) is 0.692. The topological polar surface area (TPSA) is 72.8 Å². The molecule has 44 heavy (non-hydrogen) atoms. The van der Waals surface area contributed by atoms with Crippen LogP contribution in [0.4, 0.5) is 0 Å². The molecule has 1 aromatic carbocycles. The first-order chi connectivity index (χ1) is 20.6. The van der Waals surface area contributed by atoms with Gasteiger partial charge in [0, 0.05) is 22.8 Å². The second-order valence-electron chi connectivity index (χ2n) is 17.1. The van der Waals surface area contributed by atoms with E-state index in [1.54, 1.807) is 30.3 Å². The molecule has 2 bridgehead atoms. The van der Waals surface area contributed by atoms with Gasteiger partial charge in [-0.1, -0.05) is 66.7 Å². The van der Waals surface area contributed by atoms with Crippen LogP contribution in [0.5, 0.6) is 5.75 Å². The molecule has 1 spiro atoms. The molecule has 5 fully saturated rings. The second-order valence-corrected chi connectivity index (χ2v) is 17.1. The van der Waals surface area contributed by atoms with Crippen LogP contribution in [0.1, 0.15) is 105 Å². The molecule has 0 radical (unpaired) electrons. The summed E-state index contributed by atoms with van der Waals surface area (Å²) >= 11 is 0. The number of rotatable bonds is 3. The summed E-state index contributed by atoms with van der Waals surface area (Å²) < 4.78 is 13.0. The average Bonchev–Trinajstić information content (AvgIpc) is 3.17. The van der Waals surface area contributed by atoms with E-state index < -0.39 is 5.60 Å². The Morgan fingerprint density at radius 2 is 1.68 bits per heavy atom. The SMILES string of the molecule is C[C@H]1[C@H](C)CC[C@@]23CC[C@]4(C)[C@@](C=C[C@@H]5[C@@]6(C)CC[C@H](OC(=O)/C=C/c7ccc(O)cc7)C(C)(C)[C@@H]6CC[C@]54C)(OC2=O)[C@H]13. The van der Waals surface area contributed by atoms with Crippen molar-refractivity contribution in [3.05, 3.63) is 48.1 Å². The van der Waals surface area contributed by atoms with E-state index in [0.29, 0.717) is 23.7 Å². The molecule has 1 N–H and O–H groups in total. The Labute approximate surface area is 263 Å². The summed E-state index contributed by atoms with van der Waals surface area (Å²) in [6, 6.07) is 6.80. The highest BCUT2D eigenvalue weighted by Gasteiger charge is 2.80. The van der Waals surface area contributed by atoms with Crippen molar-refractivity contribution in [3.8, 4) is 5.75 Å². The van der Waals surface area contributed by atoms with Gasteiger partial charge in [0.15, 0.2) is 0 Å². The molecule has 5 nitrogen and oxygen atoms in total. The highest BCUT2D eigenvalue weighted by atomic mass is 16.6. The number of carbonyl (C=O) groups excluding carboxylic acids is 2. The van der Waals surface area contributed by atoms with E-state index in [1.165, 1.54) is 6.08 Å². The first-order valence-electron chi connectivity index (χ1n) is 17.3. The summed E-state index contributed by atoms with van der Waals surface area (Å²) in [7, 11) is 0. The van der Waals surface area contributed by atoms with E-state index in [4.69, 9.17) is 9.47 Å². The maximum atomic E-state index is 13.8. The van der Waals surface area contributed by atoms with Gasteiger partial charge in [0.2, 0.25) is 0 Å². The van der Waals surface area contributed by atoms with E-state index in [1.807, 2.05) is 0 Å². The van der Waals surface area contributed by atoms with Crippen molar-refractivity contribution >= 4 is 18.0 Å². The number of fused-ring (bicyclic) bond motifs is 4. The van der Waals surface area contributed by atoms with Crippen LogP contribution >= 0.6 is 0 Å². The maximum absolute atomic E-state index is 13.8. The Morgan fingerprint density at radius 3 is 2.41 bits per heavy atom. The molecule has 7 rings (SSSR count). The Balaban J connectivity index is 1.18. The summed E-state index contributed by atoms with van der Waals surface area (Å²) in [6.45, 7) is 16.9. The van der Waals surface area contributed by atoms with Crippen molar-refractivity contribution in [2.45, 2.75) is 112 Å². The Bertz CT molecular complexity index is 1420. The van der Waals surface area contributed by atoms with Gasteiger partial charge in [-0.2, -0.15) is 0 Å². The van der Waals surface area contributed by atoms with Crippen LogP contribution in [0.15, 0.2) is 42.5 Å². The van der Waals surface area contributed by atoms with E-state index >= 15 is 0 Å². The molecule has 0 unspecified atom stereocenters. The van der Waals surface area contributed by atoms with E-state index in [2.05, 4.69) is 60.6 Å². The molecule has 5 aliphatic carbocycles. The van der Waals surface area contributed by atoms with Crippen molar-refractivity contribution < 1.29 is 24.2 Å². The third-order valence-electron chi connectivity index (χ3n) is 15.3. The number of allylic oxidation sites excluding steroid dienone is 1. The van der Waals surface area contributed by atoms with Crippen LogP contribution in [-0.4, -0.2) is 28.8 Å². The number of ether oxygens (including phenoxy) is 2. The van der Waals surface area contributed by atoms with Gasteiger partial charge in [0.1, 0.15) is 17.5 Å². The fourth-order valence-corrected chi connectivity index (χ4v) is 12.5. The summed E-state index contributed by atoms with van der Waals surface area (Å²) in [5.41, 5.74) is -0.192. The molecule has 1 aromatic rings. The van der Waals surface area contributed by atoms with Gasteiger partial charge in [0.05, 0.1) is 5.41 Å². The van der Waals surface area contributed by atoms with Crippen LogP contribution in [0, 0.1) is 56.7 Å². The van der Waals surface area contributed by atoms with Crippen LogP contribution in [0.25, 0.3) is 6.08 Å². The summed E-state index contributed by atoms with van der Waals surface area (Å²) in [5.74, 6) is 2.07. The number of aromatic hydroxyl groups is 1. The lowest BCUT2D eigenvalue weighted by Crippen LogP contribution is -2.71. The number of phenols is 1. The monoisotopic (exact) mass is 600 g/mol. The number of benzene rings is 1. The van der Waals surface area contributed by atoms with Gasteiger partial charge in [-0.05, 0) is 116 Å². The van der Waals surface area contributed by atoms with Gasteiger partial charge < -0.3 is 14.6 Å². The zero-order valence-electron chi connectivity index (χ0n) is 27.8. The zero-order valence-corrected chi connectivity index (χ0v) is 27.8. The van der Waals surface area contributed by atoms with Crippen LogP contribution < -0.4 is 0 Å². The first-order valence-corrected chi connectivity index (χ1v) is 17.3. The Morgan fingerprint density at radius 1 is 0.955 bits per heavy atom. The lowest BCUT2D eigenvalue weighted by atomic mass is 9.32. The quantitative estimate of drug-likeness (QED) is 0.214. The van der Waals surface area contributed by atoms with E-state index in [9.17, 15) is 14.7 Å². The second kappa shape index (κ2) is 9.48. The highest BCUT2D eigenvalue weighted by molar-refractivity contribution is 5.87. The molecular weight excluding hydrogens is 548 g/mol. The van der Waals surface area contributed by atoms with E-state index in [-0.39, 0.29) is 56.8 Å². The normalized spacial score (nSPS) is 48.5. The van der Waals surface area contributed by atoms with Crippen LogP contribution in [0.3, 0.4) is 0 Å². The smallest absolute Gasteiger partial charge is 0.331 e. The minimum Gasteiger partial charge on any atom is -0.508 e. The summed E-state index contributed by atoms with van der Waals surface area (Å²) in [5, 5.41) is 9.55. The lowest BCUT2D eigenvalue weighted by molar-refractivity contribution is -0.247. The molecule has 0 aromatic heterocycles. The summed E-state index contributed by atoms with van der Waals surface area (Å²) in [4.78, 5) is 26.9. The van der Waals surface area contributed by atoms with E-state index in [0.717, 1.165) is 56.9 Å². The minimum absolute atomic E-state index is 0.0105. The van der Waals surface area contributed by atoms with Gasteiger partial charge in [-0.3, -0.25) is 4.79 Å². The molecular formula is C39H52O5. The standard InChI is InChI=1S/C39H52O5/c1-24-14-20-38-23-22-37(7)36(6)19-15-28-34(3,4)30(43-31(41)13-10-26-8-11-27(40)12-9-26)17-18-35(28,5)29(36)16-21-39(37,44-33(38)42)32(38)25(24)2/h8-13,16,21,24-25,28-30,32,40H,14-15,17-20,22-23H2,1-7H3/b13-10+/t24-,25+,28+,29-,30+,32-,35+,36-,37+,38+,39+/m1/s1. The van der Waals surface area contributed by atoms with Gasteiger partial charge in [0.25, 0.3) is 0 Å². The largest absolute Gasteiger partial charge is 0.508 e. The molecule has 1 aliphatic heterocycles. The Kier molecular flexibility index (Phi) is 6.49. The third kappa shape index (κ3) is 3.65. The number of hydrogen-bond donors (Lipinski definition) is 1. The van der Waals surface area contributed by atoms with Crippen LogP contribution in [0.2, 0.25) is 0 Å². The molecule has 11 atom stereocenters. The molecule has 4 saturated carbocycles. The minimum atomic E-state index is -0.517. The highest BCUT2D eigenvalue weighted by Crippen LogP contribution is 2.79.